The molecule has 0 radical (unpaired) electrons. The van der Waals surface area contributed by atoms with Crippen molar-refractivity contribution in [2.75, 3.05) is 7.05 Å². The molecule has 0 heterocycles. The van der Waals surface area contributed by atoms with Crippen molar-refractivity contribution >= 4 is 0 Å². The van der Waals surface area contributed by atoms with Crippen LogP contribution in [-0.4, -0.2) is 13.1 Å². The van der Waals surface area contributed by atoms with Gasteiger partial charge in [0.1, 0.15) is 0 Å². The van der Waals surface area contributed by atoms with E-state index in [9.17, 15) is 0 Å². The molecule has 0 saturated heterocycles. The highest BCUT2D eigenvalue weighted by Gasteiger charge is 2.25. The van der Waals surface area contributed by atoms with Crippen molar-refractivity contribution < 1.29 is 0 Å². The molecule has 0 aliphatic heterocycles. The average molecular weight is 211 g/mol. The highest BCUT2D eigenvalue weighted by Crippen LogP contribution is 2.32. The Morgan fingerprint density at radius 3 is 2.27 bits per heavy atom. The molecule has 1 fully saturated rings. The quantitative estimate of drug-likeness (QED) is 0.728. The molecule has 1 aliphatic rings. The molecule has 1 aliphatic carbocycles. The molecule has 1 rings (SSSR count). The molecule has 0 aromatic carbocycles. The van der Waals surface area contributed by atoms with Gasteiger partial charge in [-0.3, -0.25) is 0 Å². The Morgan fingerprint density at radius 2 is 1.80 bits per heavy atom. The molecule has 1 saturated carbocycles. The summed E-state index contributed by atoms with van der Waals surface area (Å²) in [5.41, 5.74) is 0. The Bertz CT molecular complexity index is 159. The molecule has 90 valence electrons. The van der Waals surface area contributed by atoms with Gasteiger partial charge in [-0.2, -0.15) is 0 Å². The highest BCUT2D eigenvalue weighted by molar-refractivity contribution is 4.81. The summed E-state index contributed by atoms with van der Waals surface area (Å²) in [7, 11) is 2.14. The Morgan fingerprint density at radius 1 is 1.20 bits per heavy atom. The van der Waals surface area contributed by atoms with Crippen molar-refractivity contribution in [2.45, 2.75) is 65.3 Å². The second kappa shape index (κ2) is 6.52. The zero-order valence-electron chi connectivity index (χ0n) is 11.1. The van der Waals surface area contributed by atoms with Crippen LogP contribution in [-0.2, 0) is 0 Å². The van der Waals surface area contributed by atoms with E-state index < -0.39 is 0 Å². The topological polar surface area (TPSA) is 12.0 Å². The first-order valence-corrected chi connectivity index (χ1v) is 6.84. The number of rotatable bonds is 5. The van der Waals surface area contributed by atoms with E-state index in [0.717, 1.165) is 23.8 Å². The third-order valence-corrected chi connectivity index (χ3v) is 4.35. The summed E-state index contributed by atoms with van der Waals surface area (Å²) in [6.07, 6.45) is 8.48. The van der Waals surface area contributed by atoms with E-state index in [1.54, 1.807) is 0 Å². The van der Waals surface area contributed by atoms with E-state index in [0.29, 0.717) is 0 Å². The fourth-order valence-electron chi connectivity index (χ4n) is 2.83. The number of hydrogen-bond donors (Lipinski definition) is 1. The largest absolute Gasteiger partial charge is 0.317 e. The van der Waals surface area contributed by atoms with Crippen molar-refractivity contribution in [3.63, 3.8) is 0 Å². The Labute approximate surface area is 96.0 Å². The van der Waals surface area contributed by atoms with E-state index >= 15 is 0 Å². The lowest BCUT2D eigenvalue weighted by atomic mass is 9.77. The van der Waals surface area contributed by atoms with Gasteiger partial charge in [0.15, 0.2) is 0 Å². The monoisotopic (exact) mass is 211 g/mol. The second-order valence-electron chi connectivity index (χ2n) is 5.66. The third-order valence-electron chi connectivity index (χ3n) is 4.35. The van der Waals surface area contributed by atoms with Crippen molar-refractivity contribution in [1.82, 2.24) is 5.32 Å². The van der Waals surface area contributed by atoms with Crippen LogP contribution in [0, 0.1) is 17.8 Å². The van der Waals surface area contributed by atoms with Gasteiger partial charge in [0.05, 0.1) is 0 Å². The molecule has 1 nitrogen and oxygen atoms in total. The standard InChI is InChI=1S/C14H29N/c1-5-11(2)10-14(15-4)13-8-6-12(3)7-9-13/h11-15H,5-10H2,1-4H3. The molecule has 1 N–H and O–H groups in total. The Kier molecular flexibility index (Phi) is 5.66. The van der Waals surface area contributed by atoms with Crippen molar-refractivity contribution in [1.29, 1.82) is 0 Å². The van der Waals surface area contributed by atoms with E-state index in [2.05, 4.69) is 33.1 Å². The van der Waals surface area contributed by atoms with Crippen LogP contribution in [0.15, 0.2) is 0 Å². The predicted octanol–water partition coefficient (Wildman–Crippen LogP) is 3.84. The lowest BCUT2D eigenvalue weighted by molar-refractivity contribution is 0.214. The van der Waals surface area contributed by atoms with E-state index in [-0.39, 0.29) is 0 Å². The number of nitrogens with one attached hydrogen (secondary N) is 1. The maximum atomic E-state index is 3.55. The maximum Gasteiger partial charge on any atom is 0.00948 e. The molecule has 1 heteroatoms. The Hall–Kier alpha value is -0.0400. The summed E-state index contributed by atoms with van der Waals surface area (Å²) in [6, 6.07) is 0.771. The first-order chi connectivity index (χ1) is 7.17. The zero-order chi connectivity index (χ0) is 11.3. The second-order valence-corrected chi connectivity index (χ2v) is 5.66. The summed E-state index contributed by atoms with van der Waals surface area (Å²) in [5.74, 6) is 2.80. The van der Waals surface area contributed by atoms with Crippen LogP contribution in [0.5, 0.6) is 0 Å². The zero-order valence-corrected chi connectivity index (χ0v) is 11.1. The molecule has 0 aromatic rings. The minimum absolute atomic E-state index is 0.771. The molecular formula is C14H29N. The Balaban J connectivity index is 2.37. The van der Waals surface area contributed by atoms with Crippen LogP contribution in [0.2, 0.25) is 0 Å². The molecule has 2 unspecified atom stereocenters. The van der Waals surface area contributed by atoms with Crippen molar-refractivity contribution in [2.24, 2.45) is 17.8 Å². The van der Waals surface area contributed by atoms with Crippen LogP contribution < -0.4 is 5.32 Å². The van der Waals surface area contributed by atoms with Gasteiger partial charge in [-0.15, -0.1) is 0 Å². The van der Waals surface area contributed by atoms with Crippen molar-refractivity contribution in [3.8, 4) is 0 Å². The molecule has 0 bridgehead atoms. The molecule has 0 spiro atoms. The summed E-state index contributed by atoms with van der Waals surface area (Å²) >= 11 is 0. The first kappa shape index (κ1) is 13.0. The van der Waals surface area contributed by atoms with Gasteiger partial charge in [-0.1, -0.05) is 40.0 Å². The van der Waals surface area contributed by atoms with Gasteiger partial charge in [-0.05, 0) is 44.1 Å². The van der Waals surface area contributed by atoms with E-state index in [4.69, 9.17) is 0 Å². The van der Waals surface area contributed by atoms with Crippen LogP contribution in [0.3, 0.4) is 0 Å². The minimum atomic E-state index is 0.771. The maximum absolute atomic E-state index is 3.55. The van der Waals surface area contributed by atoms with Crippen LogP contribution >= 0.6 is 0 Å². The van der Waals surface area contributed by atoms with Crippen LogP contribution in [0.4, 0.5) is 0 Å². The van der Waals surface area contributed by atoms with Gasteiger partial charge in [0, 0.05) is 6.04 Å². The summed E-state index contributed by atoms with van der Waals surface area (Å²) in [6.45, 7) is 7.09. The van der Waals surface area contributed by atoms with Gasteiger partial charge < -0.3 is 5.32 Å². The number of hydrogen-bond acceptors (Lipinski definition) is 1. The van der Waals surface area contributed by atoms with E-state index in [1.807, 2.05) is 0 Å². The van der Waals surface area contributed by atoms with Gasteiger partial charge >= 0.3 is 0 Å². The molecule has 0 amide bonds. The average Bonchev–Trinajstić information content (AvgIpc) is 2.27. The normalized spacial score (nSPS) is 31.2. The molecule has 0 aromatic heterocycles. The third kappa shape index (κ3) is 4.14. The van der Waals surface area contributed by atoms with Crippen LogP contribution in [0.25, 0.3) is 0 Å². The van der Waals surface area contributed by atoms with Gasteiger partial charge in [0.25, 0.3) is 0 Å². The van der Waals surface area contributed by atoms with Crippen LogP contribution in [0.1, 0.15) is 59.3 Å². The minimum Gasteiger partial charge on any atom is -0.317 e. The smallest absolute Gasteiger partial charge is 0.00948 e. The fraction of sp³-hybridized carbons (Fsp3) is 1.00. The lowest BCUT2D eigenvalue weighted by Gasteiger charge is -2.33. The van der Waals surface area contributed by atoms with Crippen molar-refractivity contribution in [3.05, 3.63) is 0 Å². The lowest BCUT2D eigenvalue weighted by Crippen LogP contribution is -2.37. The summed E-state index contributed by atoms with van der Waals surface area (Å²) < 4.78 is 0. The molecular weight excluding hydrogens is 182 g/mol. The van der Waals surface area contributed by atoms with E-state index in [1.165, 1.54) is 38.5 Å². The SMILES string of the molecule is CCC(C)CC(NC)C1CCC(C)CC1. The molecule has 2 atom stereocenters. The fourth-order valence-corrected chi connectivity index (χ4v) is 2.83. The van der Waals surface area contributed by atoms with Gasteiger partial charge in [-0.25, -0.2) is 0 Å². The summed E-state index contributed by atoms with van der Waals surface area (Å²) in [5, 5.41) is 3.55. The summed E-state index contributed by atoms with van der Waals surface area (Å²) in [4.78, 5) is 0. The molecule has 15 heavy (non-hydrogen) atoms. The predicted molar refractivity (Wildman–Crippen MR) is 68.0 cm³/mol. The first-order valence-electron chi connectivity index (χ1n) is 6.84. The highest BCUT2D eigenvalue weighted by atomic mass is 14.9. The van der Waals surface area contributed by atoms with Gasteiger partial charge in [0.2, 0.25) is 0 Å².